The number of hydrogen-bond acceptors (Lipinski definition) is 5. The highest BCUT2D eigenvalue weighted by Crippen LogP contribution is 2.49. The molecule has 0 radical (unpaired) electrons. The molecule has 0 spiro atoms. The molecule has 3 unspecified atom stereocenters. The van der Waals surface area contributed by atoms with Crippen LogP contribution in [0.4, 0.5) is 0 Å². The molecule has 7 nitrogen and oxygen atoms in total. The maximum absolute atomic E-state index is 13.2. The standard InChI is InChI=1S/C18H20Cl2N2O5/c1-26-18(22-7-3-2-4-8-22)14(19)10-13(16(21)25)15(24)17(18,20)27-12-6-5-11(23)9-12/h2-4,7-8,10-13,23H,5-6,9H2,1H3,(H-,21,25)/p+1/t11-,12-,13?,17?,18?/m1/s1. The van der Waals surface area contributed by atoms with Crippen molar-refractivity contribution in [3.05, 3.63) is 41.7 Å². The van der Waals surface area contributed by atoms with Gasteiger partial charge in [0.1, 0.15) is 11.0 Å². The van der Waals surface area contributed by atoms with Crippen LogP contribution in [0.25, 0.3) is 0 Å². The topological polar surface area (TPSA) is 103 Å². The van der Waals surface area contributed by atoms with Crippen LogP contribution >= 0.6 is 23.2 Å². The number of pyridine rings is 1. The number of nitrogens with zero attached hydrogens (tertiary/aromatic N) is 1. The van der Waals surface area contributed by atoms with Crippen molar-refractivity contribution >= 4 is 34.9 Å². The molecule has 146 valence electrons. The van der Waals surface area contributed by atoms with Gasteiger partial charge in [0.25, 0.3) is 0 Å². The van der Waals surface area contributed by atoms with Crippen LogP contribution in [0.2, 0.25) is 0 Å². The van der Waals surface area contributed by atoms with E-state index >= 15 is 0 Å². The summed E-state index contributed by atoms with van der Waals surface area (Å²) in [4.78, 5) is 25.1. The molecule has 1 aromatic rings. The SMILES string of the molecule is COC1([n+]2ccccc2)C(Cl)=CC(C(N)=O)C(=O)C1(Cl)O[C@@H]1CC[C@@H](O)C1. The number of primary amides is 1. The summed E-state index contributed by atoms with van der Waals surface area (Å²) in [5.41, 5.74) is 3.63. The fraction of sp³-hybridized carbons (Fsp3) is 0.500. The average molecular weight is 416 g/mol. The van der Waals surface area contributed by atoms with Crippen molar-refractivity contribution in [3.63, 3.8) is 0 Å². The molecule has 1 aromatic heterocycles. The van der Waals surface area contributed by atoms with Crippen LogP contribution < -0.4 is 10.3 Å². The van der Waals surface area contributed by atoms with Gasteiger partial charge in [-0.25, -0.2) is 0 Å². The Bertz CT molecular complexity index is 774. The van der Waals surface area contributed by atoms with Gasteiger partial charge in [-0.3, -0.25) is 9.59 Å². The number of ether oxygens (including phenoxy) is 2. The Morgan fingerprint density at radius 2 is 2.00 bits per heavy atom. The number of rotatable bonds is 5. The van der Waals surface area contributed by atoms with E-state index in [0.29, 0.717) is 19.3 Å². The fourth-order valence-corrected chi connectivity index (χ4v) is 4.69. The van der Waals surface area contributed by atoms with Gasteiger partial charge in [-0.05, 0) is 25.3 Å². The first-order valence-electron chi connectivity index (χ1n) is 8.54. The summed E-state index contributed by atoms with van der Waals surface area (Å²) in [6.45, 7) is 0. The molecule has 0 aliphatic heterocycles. The summed E-state index contributed by atoms with van der Waals surface area (Å²) in [5.74, 6) is -3.00. The van der Waals surface area contributed by atoms with E-state index < -0.39 is 40.6 Å². The molecule has 1 fully saturated rings. The molecule has 1 amide bonds. The highest BCUT2D eigenvalue weighted by molar-refractivity contribution is 6.40. The zero-order valence-electron chi connectivity index (χ0n) is 14.7. The lowest BCUT2D eigenvalue weighted by atomic mass is 9.84. The number of ketones is 1. The van der Waals surface area contributed by atoms with Gasteiger partial charge in [0.05, 0.1) is 12.2 Å². The Labute approximate surface area is 166 Å². The third kappa shape index (κ3) is 3.17. The summed E-state index contributed by atoms with van der Waals surface area (Å²) in [7, 11) is 1.35. The normalized spacial score (nSPS) is 36.5. The second-order valence-electron chi connectivity index (χ2n) is 6.69. The minimum Gasteiger partial charge on any atom is -0.393 e. The third-order valence-corrected chi connectivity index (χ3v) is 5.95. The van der Waals surface area contributed by atoms with Crippen molar-refractivity contribution in [1.82, 2.24) is 0 Å². The summed E-state index contributed by atoms with van der Waals surface area (Å²) in [5, 5.41) is 7.66. The first-order chi connectivity index (χ1) is 12.8. The first kappa shape index (κ1) is 20.2. The number of amides is 1. The van der Waals surface area contributed by atoms with Crippen LogP contribution in [0.5, 0.6) is 0 Å². The molecule has 5 atom stereocenters. The van der Waals surface area contributed by atoms with Gasteiger partial charge in [0.2, 0.25) is 11.7 Å². The highest BCUT2D eigenvalue weighted by atomic mass is 35.5. The van der Waals surface area contributed by atoms with E-state index in [1.54, 1.807) is 30.6 Å². The number of methoxy groups -OCH3 is 1. The molecule has 2 aliphatic rings. The quantitative estimate of drug-likeness (QED) is 0.423. The van der Waals surface area contributed by atoms with Crippen LogP contribution in [0.15, 0.2) is 41.7 Å². The third-order valence-electron chi connectivity index (χ3n) is 5.04. The number of alkyl halides is 1. The van der Waals surface area contributed by atoms with Gasteiger partial charge in [-0.1, -0.05) is 29.3 Å². The number of aromatic nitrogens is 1. The van der Waals surface area contributed by atoms with Crippen LogP contribution in [-0.4, -0.2) is 41.2 Å². The highest BCUT2D eigenvalue weighted by Gasteiger charge is 2.72. The number of nitrogens with two attached hydrogens (primary N) is 1. The Morgan fingerprint density at radius 1 is 1.33 bits per heavy atom. The molecule has 1 saturated carbocycles. The van der Waals surface area contributed by atoms with E-state index in [4.69, 9.17) is 38.4 Å². The number of hydrogen-bond donors (Lipinski definition) is 2. The second kappa shape index (κ2) is 7.48. The van der Waals surface area contributed by atoms with Crippen molar-refractivity contribution in [3.8, 4) is 0 Å². The Hall–Kier alpha value is -1.51. The van der Waals surface area contributed by atoms with Gasteiger partial charge < -0.3 is 20.3 Å². The number of halogens is 2. The number of carbonyl (C=O) groups is 2. The van der Waals surface area contributed by atoms with Crippen LogP contribution in [0.1, 0.15) is 19.3 Å². The second-order valence-corrected chi connectivity index (χ2v) is 7.63. The van der Waals surface area contributed by atoms with Gasteiger partial charge in [0, 0.05) is 19.2 Å². The molecule has 2 aliphatic carbocycles. The smallest absolute Gasteiger partial charge is 0.361 e. The molecule has 3 N–H and O–H groups in total. The maximum Gasteiger partial charge on any atom is 0.361 e. The largest absolute Gasteiger partial charge is 0.393 e. The zero-order valence-corrected chi connectivity index (χ0v) is 16.2. The molecular weight excluding hydrogens is 395 g/mol. The molecule has 1 heterocycles. The monoisotopic (exact) mass is 415 g/mol. The molecular formula is C18H21Cl2N2O5+. The molecule has 0 saturated heterocycles. The lowest BCUT2D eigenvalue weighted by Crippen LogP contribution is -2.74. The Balaban J connectivity index is 2.18. The molecule has 0 aromatic carbocycles. The summed E-state index contributed by atoms with van der Waals surface area (Å²) >= 11 is 13.3. The number of aliphatic hydroxyl groups excluding tert-OH is 1. The minimum absolute atomic E-state index is 0.00172. The zero-order chi connectivity index (χ0) is 19.8. The maximum atomic E-state index is 13.2. The van der Waals surface area contributed by atoms with E-state index in [0.717, 1.165) is 0 Å². The van der Waals surface area contributed by atoms with E-state index in [1.165, 1.54) is 17.8 Å². The van der Waals surface area contributed by atoms with E-state index in [1.807, 2.05) is 0 Å². The molecule has 27 heavy (non-hydrogen) atoms. The predicted molar refractivity (Wildman–Crippen MR) is 96.6 cm³/mol. The minimum atomic E-state index is -2.16. The van der Waals surface area contributed by atoms with Crippen LogP contribution in [0.3, 0.4) is 0 Å². The number of Topliss-reactive ketones (excluding diaryl/α,β-unsaturated/α-hetero) is 1. The molecule has 9 heteroatoms. The van der Waals surface area contributed by atoms with Crippen molar-refractivity contribution < 1.29 is 28.7 Å². The first-order valence-corrected chi connectivity index (χ1v) is 9.30. The van der Waals surface area contributed by atoms with Crippen molar-refractivity contribution in [2.24, 2.45) is 11.7 Å². The van der Waals surface area contributed by atoms with Crippen LogP contribution in [0, 0.1) is 5.92 Å². The molecule has 3 rings (SSSR count). The summed E-state index contributed by atoms with van der Waals surface area (Å²) < 4.78 is 13.2. The van der Waals surface area contributed by atoms with Crippen LogP contribution in [-0.2, 0) is 24.8 Å². The van der Waals surface area contributed by atoms with Gasteiger partial charge in [-0.15, -0.1) is 0 Å². The number of carbonyl (C=O) groups excluding carboxylic acids is 2. The number of aliphatic hydroxyl groups is 1. The van der Waals surface area contributed by atoms with Gasteiger partial charge in [0.15, 0.2) is 12.4 Å². The average Bonchev–Trinajstić information content (AvgIpc) is 3.04. The lowest BCUT2D eigenvalue weighted by molar-refractivity contribution is -0.806. The van der Waals surface area contributed by atoms with E-state index in [-0.39, 0.29) is 5.03 Å². The Morgan fingerprint density at radius 3 is 2.52 bits per heavy atom. The summed E-state index contributed by atoms with van der Waals surface area (Å²) in [6.07, 6.45) is 4.78. The predicted octanol–water partition coefficient (Wildman–Crippen LogP) is 0.945. The fourth-order valence-electron chi connectivity index (χ4n) is 3.69. The summed E-state index contributed by atoms with van der Waals surface area (Å²) in [6, 6.07) is 5.21. The lowest BCUT2D eigenvalue weighted by Gasteiger charge is -2.43. The Kier molecular flexibility index (Phi) is 5.61. The van der Waals surface area contributed by atoms with Crippen molar-refractivity contribution in [1.29, 1.82) is 0 Å². The van der Waals surface area contributed by atoms with Crippen molar-refractivity contribution in [2.75, 3.05) is 7.11 Å². The van der Waals surface area contributed by atoms with E-state index in [2.05, 4.69) is 0 Å². The van der Waals surface area contributed by atoms with E-state index in [9.17, 15) is 14.7 Å². The molecule has 0 bridgehead atoms. The van der Waals surface area contributed by atoms with Crippen molar-refractivity contribution in [2.45, 2.75) is 42.3 Å². The van der Waals surface area contributed by atoms with Gasteiger partial charge >= 0.3 is 10.8 Å². The van der Waals surface area contributed by atoms with Gasteiger partial charge in [-0.2, -0.15) is 4.57 Å².